The lowest BCUT2D eigenvalue weighted by atomic mass is 10.3. The second-order valence-electron chi connectivity index (χ2n) is 4.30. The number of nitrogens with two attached hydrogens (primary N) is 1. The molecule has 0 radical (unpaired) electrons. The molecule has 0 fully saturated rings. The molecule has 0 aliphatic carbocycles. The summed E-state index contributed by atoms with van der Waals surface area (Å²) in [6, 6.07) is 6.91. The van der Waals surface area contributed by atoms with Crippen molar-refractivity contribution in [2.75, 3.05) is 11.9 Å². The molecular weight excluding hydrogens is 311 g/mol. The molecule has 1 amide bonds. The lowest BCUT2D eigenvalue weighted by Crippen LogP contribution is -2.15. The van der Waals surface area contributed by atoms with Crippen molar-refractivity contribution in [3.63, 3.8) is 0 Å². The molecule has 8 heteroatoms. The topological polar surface area (TPSA) is 90.7 Å². The average molecular weight is 332 g/mol. The smallest absolute Gasteiger partial charge is 0.418 e. The number of benzene rings is 1. The standard InChI is InChI=1S/C13H21N2O4PS/c1-4-10(3)21-20(14,17)19-13(16)15-11-8-6-7-9-12(11)18-5-2/h6-10H,4-5H2,1-3H3,(H2,14,17)(H,15,16). The van der Waals surface area contributed by atoms with Crippen LogP contribution in [0.2, 0.25) is 0 Å². The molecule has 2 atom stereocenters. The minimum Gasteiger partial charge on any atom is -0.492 e. The first-order valence-electron chi connectivity index (χ1n) is 6.67. The third-order valence-corrected chi connectivity index (χ3v) is 6.13. The minimum absolute atomic E-state index is 0.0457. The number of nitrogens with one attached hydrogen (secondary N) is 1. The highest BCUT2D eigenvalue weighted by Gasteiger charge is 2.25. The summed E-state index contributed by atoms with van der Waals surface area (Å²) in [6.45, 7) is 2.59. The van der Waals surface area contributed by atoms with Crippen LogP contribution >= 0.6 is 18.1 Å². The minimum atomic E-state index is -3.52. The fourth-order valence-electron chi connectivity index (χ4n) is 1.45. The first-order chi connectivity index (χ1) is 9.88. The van der Waals surface area contributed by atoms with Gasteiger partial charge in [0.25, 0.3) is 0 Å². The Hall–Kier alpha value is -1.17. The van der Waals surface area contributed by atoms with Crippen molar-refractivity contribution in [3.8, 4) is 5.75 Å². The Bertz CT molecular complexity index is 527. The molecule has 118 valence electrons. The summed E-state index contributed by atoms with van der Waals surface area (Å²) in [5.74, 6) is 0.512. The number of anilines is 1. The fraction of sp³-hybridized carbons (Fsp3) is 0.462. The largest absolute Gasteiger partial charge is 0.492 e. The molecule has 21 heavy (non-hydrogen) atoms. The monoisotopic (exact) mass is 332 g/mol. The molecule has 0 heterocycles. The lowest BCUT2D eigenvalue weighted by molar-refractivity contribution is 0.217. The molecule has 0 saturated heterocycles. The molecule has 1 rings (SSSR count). The summed E-state index contributed by atoms with van der Waals surface area (Å²) in [6.07, 6.45) is -0.0758. The van der Waals surface area contributed by atoms with E-state index in [1.165, 1.54) is 0 Å². The summed E-state index contributed by atoms with van der Waals surface area (Å²) in [5, 5.41) is 2.54. The third-order valence-electron chi connectivity index (χ3n) is 2.54. The summed E-state index contributed by atoms with van der Waals surface area (Å²) in [5.41, 5.74) is 5.99. The van der Waals surface area contributed by atoms with E-state index in [2.05, 4.69) is 5.32 Å². The van der Waals surface area contributed by atoms with Crippen molar-refractivity contribution in [1.82, 2.24) is 0 Å². The van der Waals surface area contributed by atoms with E-state index in [1.54, 1.807) is 24.3 Å². The highest BCUT2D eigenvalue weighted by Crippen LogP contribution is 2.55. The second kappa shape index (κ2) is 8.32. The normalized spacial score (nSPS) is 14.9. The Morgan fingerprint density at radius 1 is 1.43 bits per heavy atom. The van der Waals surface area contributed by atoms with Crippen LogP contribution in [0, 0.1) is 0 Å². The molecule has 0 aliphatic rings. The molecule has 3 N–H and O–H groups in total. The van der Waals surface area contributed by atoms with E-state index in [1.807, 2.05) is 20.8 Å². The van der Waals surface area contributed by atoms with Gasteiger partial charge in [0.2, 0.25) is 0 Å². The van der Waals surface area contributed by atoms with Crippen molar-refractivity contribution in [2.45, 2.75) is 32.4 Å². The van der Waals surface area contributed by atoms with E-state index in [0.29, 0.717) is 18.0 Å². The van der Waals surface area contributed by atoms with Crippen molar-refractivity contribution in [1.29, 1.82) is 0 Å². The van der Waals surface area contributed by atoms with Crippen LogP contribution < -0.4 is 15.6 Å². The summed E-state index contributed by atoms with van der Waals surface area (Å²) in [7, 11) is 0. The van der Waals surface area contributed by atoms with Crippen molar-refractivity contribution < 1.29 is 18.6 Å². The SMILES string of the molecule is CCOc1ccccc1NC(=O)OP(N)(=O)SC(C)CC. The fourth-order valence-corrected chi connectivity index (χ4v) is 4.70. The molecule has 6 nitrogen and oxygen atoms in total. The predicted octanol–water partition coefficient (Wildman–Crippen LogP) is 4.23. The van der Waals surface area contributed by atoms with Crippen LogP contribution in [0.5, 0.6) is 5.75 Å². The van der Waals surface area contributed by atoms with Crippen LogP contribution in [-0.4, -0.2) is 18.0 Å². The number of para-hydroxylation sites is 2. The zero-order valence-corrected chi connectivity index (χ0v) is 14.1. The lowest BCUT2D eigenvalue weighted by Gasteiger charge is -2.17. The molecule has 0 bridgehead atoms. The molecule has 0 saturated carbocycles. The molecule has 0 aromatic heterocycles. The summed E-state index contributed by atoms with van der Waals surface area (Å²) >= 11 is 0.974. The van der Waals surface area contributed by atoms with E-state index in [4.69, 9.17) is 14.8 Å². The maximum absolute atomic E-state index is 12.0. The maximum atomic E-state index is 12.0. The van der Waals surface area contributed by atoms with Crippen LogP contribution in [0.25, 0.3) is 0 Å². The van der Waals surface area contributed by atoms with Crippen LogP contribution in [0.15, 0.2) is 24.3 Å². The number of hydrogen-bond acceptors (Lipinski definition) is 5. The molecule has 0 spiro atoms. The van der Waals surface area contributed by atoms with Gasteiger partial charge in [0.15, 0.2) is 0 Å². The van der Waals surface area contributed by atoms with Gasteiger partial charge in [-0.3, -0.25) is 5.32 Å². The van der Waals surface area contributed by atoms with E-state index >= 15 is 0 Å². The number of carbonyl (C=O) groups excluding carboxylic acids is 1. The van der Waals surface area contributed by atoms with Crippen LogP contribution in [0.4, 0.5) is 10.5 Å². The predicted molar refractivity (Wildman–Crippen MR) is 86.9 cm³/mol. The van der Waals surface area contributed by atoms with Crippen molar-refractivity contribution >= 4 is 29.9 Å². The van der Waals surface area contributed by atoms with Gasteiger partial charge in [-0.05, 0) is 36.9 Å². The molecule has 0 aliphatic heterocycles. The van der Waals surface area contributed by atoms with Gasteiger partial charge >= 0.3 is 12.8 Å². The molecular formula is C13H21N2O4PS. The number of ether oxygens (including phenoxy) is 1. The van der Waals surface area contributed by atoms with E-state index in [0.717, 1.165) is 17.8 Å². The molecule has 2 unspecified atom stereocenters. The Morgan fingerprint density at radius 3 is 2.71 bits per heavy atom. The van der Waals surface area contributed by atoms with Crippen LogP contribution in [-0.2, 0) is 9.09 Å². The Balaban J connectivity index is 2.67. The highest BCUT2D eigenvalue weighted by molar-refractivity contribution is 8.56. The number of amides is 1. The first-order valence-corrected chi connectivity index (χ1v) is 9.85. The second-order valence-corrected chi connectivity index (χ2v) is 8.73. The van der Waals surface area contributed by atoms with Gasteiger partial charge in [-0.15, -0.1) is 0 Å². The van der Waals surface area contributed by atoms with E-state index in [-0.39, 0.29) is 5.25 Å². The van der Waals surface area contributed by atoms with E-state index in [9.17, 15) is 9.36 Å². The van der Waals surface area contributed by atoms with Gasteiger partial charge in [-0.25, -0.2) is 14.9 Å². The van der Waals surface area contributed by atoms with Gasteiger partial charge in [0.1, 0.15) is 5.75 Å². The van der Waals surface area contributed by atoms with E-state index < -0.39 is 12.8 Å². The van der Waals surface area contributed by atoms with Crippen LogP contribution in [0.3, 0.4) is 0 Å². The van der Waals surface area contributed by atoms with Crippen molar-refractivity contribution in [2.24, 2.45) is 5.50 Å². The zero-order valence-electron chi connectivity index (χ0n) is 12.4. The van der Waals surface area contributed by atoms with Gasteiger partial charge < -0.3 is 9.26 Å². The number of carbonyl (C=O) groups is 1. The average Bonchev–Trinajstić information content (AvgIpc) is 2.39. The summed E-state index contributed by atoms with van der Waals surface area (Å²) < 4.78 is 22.2. The summed E-state index contributed by atoms with van der Waals surface area (Å²) in [4.78, 5) is 11.8. The van der Waals surface area contributed by atoms with Gasteiger partial charge in [0.05, 0.1) is 12.3 Å². The van der Waals surface area contributed by atoms with Gasteiger partial charge in [-0.1, -0.05) is 26.0 Å². The molecule has 1 aromatic carbocycles. The maximum Gasteiger partial charge on any atom is 0.418 e. The van der Waals surface area contributed by atoms with Gasteiger partial charge in [-0.2, -0.15) is 0 Å². The Kier molecular flexibility index (Phi) is 7.08. The van der Waals surface area contributed by atoms with Crippen molar-refractivity contribution in [3.05, 3.63) is 24.3 Å². The zero-order chi connectivity index (χ0) is 15.9. The number of rotatable bonds is 7. The third kappa shape index (κ3) is 6.42. The Morgan fingerprint density at radius 2 is 2.10 bits per heavy atom. The Labute approximate surface area is 129 Å². The van der Waals surface area contributed by atoms with Crippen LogP contribution in [0.1, 0.15) is 27.2 Å². The quantitative estimate of drug-likeness (QED) is 0.726. The van der Waals surface area contributed by atoms with Gasteiger partial charge in [0, 0.05) is 5.25 Å². The molecule has 1 aromatic rings. The number of hydrogen-bond donors (Lipinski definition) is 2. The first kappa shape index (κ1) is 17.9. The highest BCUT2D eigenvalue weighted by atomic mass is 32.7.